The molecule has 0 aliphatic heterocycles. The van der Waals surface area contributed by atoms with E-state index in [-0.39, 0.29) is 5.82 Å². The van der Waals surface area contributed by atoms with E-state index in [1.165, 1.54) is 6.07 Å². The van der Waals surface area contributed by atoms with E-state index in [2.05, 4.69) is 34.4 Å². The molecule has 0 fully saturated rings. The number of nitrogens with zero attached hydrogens (tertiary/aromatic N) is 1. The first kappa shape index (κ1) is 23.0. The molecule has 0 atom stereocenters. The second-order valence-corrected chi connectivity index (χ2v) is 8.12. The summed E-state index contributed by atoms with van der Waals surface area (Å²) in [6.45, 7) is 14.1. The largest absolute Gasteiger partial charge is 0.353 e. The fourth-order valence-corrected chi connectivity index (χ4v) is 4.06. The van der Waals surface area contributed by atoms with Crippen molar-refractivity contribution < 1.29 is 4.39 Å². The van der Waals surface area contributed by atoms with Crippen molar-refractivity contribution >= 4 is 23.1 Å². The molecular formula is C30H28FN3. The first-order valence-electron chi connectivity index (χ1n) is 11.2. The molecule has 0 saturated carbocycles. The third-order valence-electron chi connectivity index (χ3n) is 5.91. The minimum absolute atomic E-state index is 0.243. The van der Waals surface area contributed by atoms with E-state index < -0.39 is 0 Å². The van der Waals surface area contributed by atoms with Crippen molar-refractivity contribution in [2.45, 2.75) is 20.8 Å². The van der Waals surface area contributed by atoms with Crippen molar-refractivity contribution in [1.29, 1.82) is 0 Å². The standard InChI is InChI=1S/C30H28FN3/c1-6-19(4)16-21(7-2)20(5)17-25-27(8-3)33-34-30(25)29-18-24-22(13-11-15-28(24)32-29)23-12-9-10-14-26(23)31/h6-18,32-33H,1,5H2,2-4H3/b19-16-,21-7+,25-17+,27-8+. The number of allylic oxidation sites excluding steroid dienone is 6. The Kier molecular flexibility index (Phi) is 6.60. The Bertz CT molecular complexity index is 1570. The second kappa shape index (κ2) is 9.75. The predicted molar refractivity (Wildman–Crippen MR) is 142 cm³/mol. The Balaban J connectivity index is 1.89. The van der Waals surface area contributed by atoms with Crippen LogP contribution in [0.2, 0.25) is 0 Å². The van der Waals surface area contributed by atoms with Gasteiger partial charge < -0.3 is 4.98 Å². The Morgan fingerprint density at radius 3 is 2.53 bits per heavy atom. The zero-order chi connectivity index (χ0) is 24.2. The summed E-state index contributed by atoms with van der Waals surface area (Å²) in [4.78, 5) is 3.47. The normalized spacial score (nSPS) is 13.6. The van der Waals surface area contributed by atoms with Gasteiger partial charge in [-0.25, -0.2) is 4.39 Å². The van der Waals surface area contributed by atoms with Gasteiger partial charge in [-0.3, -0.25) is 5.10 Å². The molecule has 0 amide bonds. The lowest BCUT2D eigenvalue weighted by atomic mass is 10.0. The number of rotatable bonds is 6. The number of hydrogen-bond donors (Lipinski definition) is 2. The minimum atomic E-state index is -0.243. The Labute approximate surface area is 199 Å². The third-order valence-corrected chi connectivity index (χ3v) is 5.91. The number of halogens is 1. The second-order valence-electron chi connectivity index (χ2n) is 8.12. The number of hydrogen-bond acceptors (Lipinski definition) is 1. The van der Waals surface area contributed by atoms with Gasteiger partial charge in [-0.2, -0.15) is 5.10 Å². The van der Waals surface area contributed by atoms with Crippen LogP contribution >= 0.6 is 0 Å². The van der Waals surface area contributed by atoms with E-state index in [4.69, 9.17) is 0 Å². The molecule has 2 aromatic carbocycles. The van der Waals surface area contributed by atoms with Crippen molar-refractivity contribution in [2.24, 2.45) is 0 Å². The smallest absolute Gasteiger partial charge is 0.131 e. The predicted octanol–water partition coefficient (Wildman–Crippen LogP) is 6.58. The maximum absolute atomic E-state index is 14.6. The highest BCUT2D eigenvalue weighted by Crippen LogP contribution is 2.32. The number of nitrogens with one attached hydrogen (secondary N) is 2. The quantitative estimate of drug-likeness (QED) is 0.321. The van der Waals surface area contributed by atoms with E-state index in [0.717, 1.165) is 55.1 Å². The summed E-state index contributed by atoms with van der Waals surface area (Å²) in [7, 11) is 0. The van der Waals surface area contributed by atoms with Gasteiger partial charge in [0.1, 0.15) is 11.5 Å². The van der Waals surface area contributed by atoms with E-state index in [1.54, 1.807) is 12.1 Å². The molecule has 0 spiro atoms. The average molecular weight is 450 g/mol. The molecule has 0 aliphatic rings. The van der Waals surface area contributed by atoms with Crippen LogP contribution in [0.25, 0.3) is 45.6 Å². The molecule has 0 unspecified atom stereocenters. The van der Waals surface area contributed by atoms with Crippen molar-refractivity contribution in [2.75, 3.05) is 0 Å². The zero-order valence-corrected chi connectivity index (χ0v) is 19.7. The van der Waals surface area contributed by atoms with Crippen molar-refractivity contribution in [3.05, 3.63) is 113 Å². The van der Waals surface area contributed by atoms with Crippen LogP contribution in [0, 0.1) is 5.82 Å². The van der Waals surface area contributed by atoms with Gasteiger partial charge in [0, 0.05) is 21.7 Å². The summed E-state index contributed by atoms with van der Waals surface area (Å²) in [5.74, 6) is -0.243. The summed E-state index contributed by atoms with van der Waals surface area (Å²) in [5.41, 5.74) is 6.92. The van der Waals surface area contributed by atoms with Crippen LogP contribution in [-0.4, -0.2) is 15.2 Å². The van der Waals surface area contributed by atoms with Crippen LogP contribution in [-0.2, 0) is 0 Å². The van der Waals surface area contributed by atoms with Crippen LogP contribution in [0.5, 0.6) is 0 Å². The lowest BCUT2D eigenvalue weighted by Gasteiger charge is -2.04. The Morgan fingerprint density at radius 1 is 1.06 bits per heavy atom. The summed E-state index contributed by atoms with van der Waals surface area (Å²) in [6.07, 6.45) is 9.95. The van der Waals surface area contributed by atoms with Gasteiger partial charge >= 0.3 is 0 Å². The molecule has 2 heterocycles. The van der Waals surface area contributed by atoms with Gasteiger partial charge in [-0.1, -0.05) is 73.4 Å². The molecule has 2 N–H and O–H groups in total. The van der Waals surface area contributed by atoms with Crippen molar-refractivity contribution in [1.82, 2.24) is 15.2 Å². The van der Waals surface area contributed by atoms with E-state index in [1.807, 2.05) is 75.4 Å². The van der Waals surface area contributed by atoms with E-state index in [9.17, 15) is 4.39 Å². The highest BCUT2D eigenvalue weighted by atomic mass is 19.1. The summed E-state index contributed by atoms with van der Waals surface area (Å²) in [6, 6.07) is 14.7. The van der Waals surface area contributed by atoms with Gasteiger partial charge in [-0.05, 0) is 61.8 Å². The zero-order valence-electron chi connectivity index (χ0n) is 19.7. The van der Waals surface area contributed by atoms with Gasteiger partial charge in [-0.15, -0.1) is 0 Å². The van der Waals surface area contributed by atoms with Crippen LogP contribution in [0.15, 0.2) is 96.6 Å². The van der Waals surface area contributed by atoms with Crippen LogP contribution in [0.3, 0.4) is 0 Å². The number of benzene rings is 2. The average Bonchev–Trinajstić information content (AvgIpc) is 3.46. The SMILES string of the molecule is C=C/C(C)=C\C(=C/C)C(=C)/C=c1/c(-c2cc3c(-c4ccccc4F)cccc3[nH]2)n[nH]/c1=C/C. The molecular weight excluding hydrogens is 421 g/mol. The van der Waals surface area contributed by atoms with Crippen molar-refractivity contribution in [3.63, 3.8) is 0 Å². The molecule has 0 aliphatic carbocycles. The van der Waals surface area contributed by atoms with Crippen LogP contribution < -0.4 is 10.6 Å². The fourth-order valence-electron chi connectivity index (χ4n) is 4.06. The number of H-pyrrole nitrogens is 2. The first-order valence-corrected chi connectivity index (χ1v) is 11.2. The van der Waals surface area contributed by atoms with Gasteiger partial charge in [0.05, 0.1) is 11.0 Å². The maximum atomic E-state index is 14.6. The first-order chi connectivity index (χ1) is 16.5. The van der Waals surface area contributed by atoms with Gasteiger partial charge in [0.2, 0.25) is 0 Å². The molecule has 34 heavy (non-hydrogen) atoms. The Morgan fingerprint density at radius 2 is 1.82 bits per heavy atom. The molecule has 4 rings (SSSR count). The van der Waals surface area contributed by atoms with Crippen LogP contribution in [0.4, 0.5) is 4.39 Å². The highest BCUT2D eigenvalue weighted by Gasteiger charge is 2.14. The summed E-state index contributed by atoms with van der Waals surface area (Å²) in [5, 5.41) is 10.5. The molecule has 0 saturated heterocycles. The van der Waals surface area contributed by atoms with E-state index in [0.29, 0.717) is 5.56 Å². The topological polar surface area (TPSA) is 44.5 Å². The lowest BCUT2D eigenvalue weighted by Crippen LogP contribution is -2.23. The number of aromatic nitrogens is 3. The molecule has 3 nitrogen and oxygen atoms in total. The lowest BCUT2D eigenvalue weighted by molar-refractivity contribution is 0.631. The van der Waals surface area contributed by atoms with Gasteiger partial charge in [0.15, 0.2) is 0 Å². The van der Waals surface area contributed by atoms with Crippen LogP contribution in [0.1, 0.15) is 20.8 Å². The minimum Gasteiger partial charge on any atom is -0.353 e. The van der Waals surface area contributed by atoms with Gasteiger partial charge in [0.25, 0.3) is 0 Å². The maximum Gasteiger partial charge on any atom is 0.131 e. The van der Waals surface area contributed by atoms with Crippen molar-refractivity contribution in [3.8, 4) is 22.5 Å². The fraction of sp³-hybridized carbons (Fsp3) is 0.100. The summed E-state index contributed by atoms with van der Waals surface area (Å²) < 4.78 is 14.6. The highest BCUT2D eigenvalue weighted by molar-refractivity contribution is 5.98. The number of fused-ring (bicyclic) bond motifs is 1. The summed E-state index contributed by atoms with van der Waals surface area (Å²) >= 11 is 0. The monoisotopic (exact) mass is 449 g/mol. The molecule has 4 aromatic rings. The third kappa shape index (κ3) is 4.35. The van der Waals surface area contributed by atoms with E-state index >= 15 is 0 Å². The number of aromatic amines is 2. The Hall–Kier alpha value is -4.18. The molecule has 0 bridgehead atoms. The molecule has 0 radical (unpaired) electrons. The molecule has 170 valence electrons. The molecule has 4 heteroatoms. The molecule has 2 aromatic heterocycles.